The number of nitrogens with two attached hydrogens (primary N) is 1. The van der Waals surface area contributed by atoms with Gasteiger partial charge in [0.1, 0.15) is 0 Å². The fourth-order valence-corrected chi connectivity index (χ4v) is 0.941. The summed E-state index contributed by atoms with van der Waals surface area (Å²) in [6.07, 6.45) is -5.18. The van der Waals surface area contributed by atoms with Crippen molar-refractivity contribution in [2.45, 2.75) is 6.36 Å². The monoisotopic (exact) mass is 240 g/mol. The van der Waals surface area contributed by atoms with E-state index in [1.165, 1.54) is 0 Å². The van der Waals surface area contributed by atoms with E-state index in [9.17, 15) is 27.7 Å². The average Bonchev–Trinajstić information content (AvgIpc) is 2.10. The largest absolute Gasteiger partial charge is 0.573 e. The van der Waals surface area contributed by atoms with Gasteiger partial charge in [0.05, 0.1) is 4.92 Å². The molecule has 0 spiro atoms. The first-order valence-corrected chi connectivity index (χ1v) is 3.70. The Morgan fingerprint density at radius 1 is 1.38 bits per heavy atom. The minimum Gasteiger partial charge on any atom is -0.400 e. The highest BCUT2D eigenvalue weighted by Crippen LogP contribution is 2.36. The predicted molar refractivity (Wildman–Crippen MR) is 44.1 cm³/mol. The Morgan fingerprint density at radius 3 is 2.38 bits per heavy atom. The van der Waals surface area contributed by atoms with Crippen LogP contribution in [0.4, 0.5) is 28.9 Å². The number of halogens is 4. The van der Waals surface area contributed by atoms with E-state index in [0.29, 0.717) is 12.1 Å². The number of benzene rings is 1. The number of anilines is 1. The molecule has 0 saturated carbocycles. The summed E-state index contributed by atoms with van der Waals surface area (Å²) in [6.45, 7) is 0. The van der Waals surface area contributed by atoms with E-state index in [-0.39, 0.29) is 0 Å². The van der Waals surface area contributed by atoms with Gasteiger partial charge in [0.25, 0.3) is 5.69 Å². The molecular formula is C7H4F4N2O3. The summed E-state index contributed by atoms with van der Waals surface area (Å²) in [5.74, 6) is -2.83. The molecule has 1 rings (SSSR count). The number of nitrogens with zero attached hydrogens (tertiary/aromatic N) is 1. The average molecular weight is 240 g/mol. The van der Waals surface area contributed by atoms with Crippen molar-refractivity contribution >= 4 is 11.4 Å². The van der Waals surface area contributed by atoms with Gasteiger partial charge in [-0.2, -0.15) is 0 Å². The van der Waals surface area contributed by atoms with Crippen LogP contribution in [0.1, 0.15) is 0 Å². The summed E-state index contributed by atoms with van der Waals surface area (Å²) in [6, 6.07) is 1.11. The highest BCUT2D eigenvalue weighted by atomic mass is 19.4. The van der Waals surface area contributed by atoms with Crippen molar-refractivity contribution < 1.29 is 27.2 Å². The molecule has 0 aliphatic carbocycles. The van der Waals surface area contributed by atoms with E-state index in [0.717, 1.165) is 0 Å². The summed E-state index contributed by atoms with van der Waals surface area (Å²) in [7, 11) is 0. The van der Waals surface area contributed by atoms with Gasteiger partial charge in [-0.25, -0.2) is 4.39 Å². The third-order valence-corrected chi connectivity index (χ3v) is 1.54. The molecule has 2 N–H and O–H groups in total. The lowest BCUT2D eigenvalue weighted by atomic mass is 10.2. The summed E-state index contributed by atoms with van der Waals surface area (Å²) < 4.78 is 51.6. The van der Waals surface area contributed by atoms with Gasteiger partial charge in [0, 0.05) is 6.07 Å². The molecule has 88 valence electrons. The Labute approximate surface area is 85.6 Å². The Balaban J connectivity index is 3.27. The van der Waals surface area contributed by atoms with Gasteiger partial charge in [-0.05, 0) is 6.07 Å². The summed E-state index contributed by atoms with van der Waals surface area (Å²) in [5.41, 5.74) is 3.11. The minimum atomic E-state index is -5.18. The van der Waals surface area contributed by atoms with Gasteiger partial charge < -0.3 is 10.5 Å². The number of rotatable bonds is 2. The second-order valence-electron chi connectivity index (χ2n) is 2.61. The molecule has 0 aliphatic heterocycles. The number of nitro benzene ring substituents is 1. The Morgan fingerprint density at radius 2 is 1.94 bits per heavy atom. The van der Waals surface area contributed by atoms with Crippen LogP contribution in [0.3, 0.4) is 0 Å². The Kier molecular flexibility index (Phi) is 2.88. The molecule has 0 aliphatic rings. The predicted octanol–water partition coefficient (Wildman–Crippen LogP) is 2.21. The molecule has 0 aromatic heterocycles. The van der Waals surface area contributed by atoms with Gasteiger partial charge in [0.2, 0.25) is 0 Å². The van der Waals surface area contributed by atoms with Gasteiger partial charge >= 0.3 is 6.36 Å². The maximum Gasteiger partial charge on any atom is 0.573 e. The quantitative estimate of drug-likeness (QED) is 0.372. The molecule has 0 amide bonds. The fourth-order valence-electron chi connectivity index (χ4n) is 0.941. The molecule has 0 radical (unpaired) electrons. The lowest BCUT2D eigenvalue weighted by molar-refractivity contribution is -0.384. The van der Waals surface area contributed by atoms with Crippen molar-refractivity contribution in [1.82, 2.24) is 0 Å². The molecule has 9 heteroatoms. The molecule has 1 aromatic rings. The van der Waals surface area contributed by atoms with E-state index in [1.54, 1.807) is 0 Å². The molecule has 0 bridgehead atoms. The molecule has 16 heavy (non-hydrogen) atoms. The zero-order valence-corrected chi connectivity index (χ0v) is 7.42. The van der Waals surface area contributed by atoms with Crippen LogP contribution in [0.2, 0.25) is 0 Å². The second kappa shape index (κ2) is 3.83. The first-order valence-electron chi connectivity index (χ1n) is 3.70. The lowest BCUT2D eigenvalue weighted by Gasteiger charge is -2.11. The van der Waals surface area contributed by atoms with Crippen LogP contribution in [0.5, 0.6) is 5.75 Å². The van der Waals surface area contributed by atoms with Crippen LogP contribution in [-0.2, 0) is 0 Å². The molecule has 0 atom stereocenters. The first kappa shape index (κ1) is 12.0. The second-order valence-corrected chi connectivity index (χ2v) is 2.61. The number of ether oxygens (including phenoxy) is 1. The van der Waals surface area contributed by atoms with Crippen LogP contribution in [0.15, 0.2) is 12.1 Å². The highest BCUT2D eigenvalue weighted by Gasteiger charge is 2.35. The van der Waals surface area contributed by atoms with E-state index < -0.39 is 34.2 Å². The third kappa shape index (κ3) is 2.49. The van der Waals surface area contributed by atoms with Crippen LogP contribution < -0.4 is 10.5 Å². The van der Waals surface area contributed by atoms with Crippen molar-refractivity contribution in [2.24, 2.45) is 0 Å². The zero-order valence-electron chi connectivity index (χ0n) is 7.42. The van der Waals surface area contributed by atoms with E-state index in [2.05, 4.69) is 4.74 Å². The van der Waals surface area contributed by atoms with E-state index in [1.807, 2.05) is 0 Å². The molecule has 1 aromatic carbocycles. The van der Waals surface area contributed by atoms with Crippen LogP contribution in [0, 0.1) is 15.9 Å². The molecule has 5 nitrogen and oxygen atoms in total. The standard InChI is InChI=1S/C7H4F4N2O3/c8-3-1-2-4(13(14)15)5(12)6(3)16-7(9,10)11/h1-2H,12H2. The normalized spacial score (nSPS) is 11.2. The topological polar surface area (TPSA) is 78.4 Å². The Hall–Kier alpha value is -2.06. The zero-order chi connectivity index (χ0) is 12.5. The Bertz CT molecular complexity index is 432. The minimum absolute atomic E-state index is 0.468. The number of nitrogen functional groups attached to an aromatic ring is 1. The van der Waals surface area contributed by atoms with Gasteiger partial charge in [-0.1, -0.05) is 0 Å². The summed E-state index contributed by atoms with van der Waals surface area (Å²) in [4.78, 5) is 9.27. The van der Waals surface area contributed by atoms with Crippen molar-refractivity contribution in [3.8, 4) is 5.75 Å². The molecule has 0 heterocycles. The van der Waals surface area contributed by atoms with E-state index >= 15 is 0 Å². The molecule has 0 fully saturated rings. The summed E-state index contributed by atoms with van der Waals surface area (Å²) >= 11 is 0. The number of hydrogen-bond donors (Lipinski definition) is 1. The highest BCUT2D eigenvalue weighted by molar-refractivity contribution is 5.67. The molecule has 0 unspecified atom stereocenters. The first-order chi connectivity index (χ1) is 7.22. The van der Waals surface area contributed by atoms with Crippen LogP contribution >= 0.6 is 0 Å². The van der Waals surface area contributed by atoms with Crippen molar-refractivity contribution in [2.75, 3.05) is 5.73 Å². The number of alkyl halides is 3. The molecular weight excluding hydrogens is 236 g/mol. The van der Waals surface area contributed by atoms with Crippen LogP contribution in [-0.4, -0.2) is 11.3 Å². The fraction of sp³-hybridized carbons (Fsp3) is 0.143. The summed E-state index contributed by atoms with van der Waals surface area (Å²) in [5, 5.41) is 10.3. The number of hydrogen-bond acceptors (Lipinski definition) is 4. The SMILES string of the molecule is Nc1c([N+](=O)[O-])ccc(F)c1OC(F)(F)F. The maximum atomic E-state index is 12.9. The van der Waals surface area contributed by atoms with Crippen molar-refractivity contribution in [3.05, 3.63) is 28.1 Å². The van der Waals surface area contributed by atoms with Crippen LogP contribution in [0.25, 0.3) is 0 Å². The third-order valence-electron chi connectivity index (χ3n) is 1.54. The number of nitro groups is 1. The lowest BCUT2D eigenvalue weighted by Crippen LogP contribution is -2.19. The van der Waals surface area contributed by atoms with Gasteiger partial charge in [0.15, 0.2) is 17.3 Å². The van der Waals surface area contributed by atoms with Gasteiger partial charge in [-0.15, -0.1) is 13.2 Å². The van der Waals surface area contributed by atoms with E-state index in [4.69, 9.17) is 5.73 Å². The maximum absolute atomic E-state index is 12.9. The van der Waals surface area contributed by atoms with Crippen molar-refractivity contribution in [1.29, 1.82) is 0 Å². The van der Waals surface area contributed by atoms with Crippen molar-refractivity contribution in [3.63, 3.8) is 0 Å². The van der Waals surface area contributed by atoms with Gasteiger partial charge in [-0.3, -0.25) is 10.1 Å². The smallest absolute Gasteiger partial charge is 0.400 e. The molecule has 0 saturated heterocycles.